The molecule has 1 aromatic carbocycles. The van der Waals surface area contributed by atoms with Crippen molar-refractivity contribution < 1.29 is 0 Å². The van der Waals surface area contributed by atoms with Crippen molar-refractivity contribution in [2.75, 3.05) is 6.54 Å². The van der Waals surface area contributed by atoms with E-state index in [9.17, 15) is 0 Å². The average molecular weight is 266 g/mol. The molecule has 0 spiro atoms. The lowest BCUT2D eigenvalue weighted by molar-refractivity contribution is 0.416. The number of hydrogen-bond acceptors (Lipinski definition) is 1. The first-order valence-corrected chi connectivity index (χ1v) is 7.33. The molecule has 0 amide bonds. The van der Waals surface area contributed by atoms with Gasteiger partial charge in [0.15, 0.2) is 0 Å². The molecular weight excluding hydrogens is 242 g/mol. The molecule has 1 fully saturated rings. The van der Waals surface area contributed by atoms with Crippen molar-refractivity contribution in [2.45, 2.75) is 46.6 Å². The molecule has 2 rings (SSSR count). The van der Waals surface area contributed by atoms with Crippen LogP contribution in [0, 0.1) is 18.3 Å². The largest absolute Gasteiger partial charge is 0.310 e. The highest BCUT2D eigenvalue weighted by Crippen LogP contribution is 2.57. The summed E-state index contributed by atoms with van der Waals surface area (Å²) in [6.45, 7) is 10.1. The van der Waals surface area contributed by atoms with Crippen LogP contribution in [0.4, 0.5) is 0 Å². The molecule has 1 aliphatic rings. The minimum atomic E-state index is 0.457. The number of benzene rings is 1. The zero-order valence-electron chi connectivity index (χ0n) is 11.9. The summed E-state index contributed by atoms with van der Waals surface area (Å²) in [6.07, 6.45) is 2.48. The number of rotatable bonds is 5. The lowest BCUT2D eigenvalue weighted by Gasteiger charge is -2.21. The van der Waals surface area contributed by atoms with Gasteiger partial charge in [0.2, 0.25) is 0 Å². The average Bonchev–Trinajstić information content (AvgIpc) is 2.93. The lowest BCUT2D eigenvalue weighted by Crippen LogP contribution is -2.25. The molecule has 1 saturated carbocycles. The second-order valence-electron chi connectivity index (χ2n) is 6.24. The van der Waals surface area contributed by atoms with Gasteiger partial charge in [-0.2, -0.15) is 0 Å². The van der Waals surface area contributed by atoms with Crippen LogP contribution in [0.5, 0.6) is 0 Å². The zero-order valence-corrected chi connectivity index (χ0v) is 12.6. The van der Waals surface area contributed by atoms with Crippen molar-refractivity contribution in [3.05, 3.63) is 34.3 Å². The van der Waals surface area contributed by atoms with Crippen LogP contribution in [0.15, 0.2) is 18.2 Å². The summed E-state index contributed by atoms with van der Waals surface area (Å²) in [6, 6.07) is 6.95. The SMILES string of the molecule is CCCNC(c1ccc(C)c(Cl)c1)C1CC1(C)C. The maximum Gasteiger partial charge on any atom is 0.0438 e. The second kappa shape index (κ2) is 5.22. The second-order valence-corrected chi connectivity index (χ2v) is 6.65. The van der Waals surface area contributed by atoms with Crippen molar-refractivity contribution >= 4 is 11.6 Å². The van der Waals surface area contributed by atoms with Crippen LogP contribution in [0.2, 0.25) is 5.02 Å². The van der Waals surface area contributed by atoms with E-state index < -0.39 is 0 Å². The molecule has 0 bridgehead atoms. The minimum Gasteiger partial charge on any atom is -0.310 e. The van der Waals surface area contributed by atoms with Gasteiger partial charge in [-0.1, -0.05) is 44.5 Å². The summed E-state index contributed by atoms with van der Waals surface area (Å²) in [4.78, 5) is 0. The van der Waals surface area contributed by atoms with Crippen molar-refractivity contribution in [3.63, 3.8) is 0 Å². The molecule has 0 heterocycles. The Kier molecular flexibility index (Phi) is 4.03. The first-order chi connectivity index (χ1) is 8.45. The van der Waals surface area contributed by atoms with Gasteiger partial charge in [0.1, 0.15) is 0 Å². The number of nitrogens with one attached hydrogen (secondary N) is 1. The first-order valence-electron chi connectivity index (χ1n) is 6.95. The van der Waals surface area contributed by atoms with E-state index in [1.54, 1.807) is 0 Å². The topological polar surface area (TPSA) is 12.0 Å². The van der Waals surface area contributed by atoms with Crippen LogP contribution in [-0.2, 0) is 0 Å². The van der Waals surface area contributed by atoms with Gasteiger partial charge in [0.25, 0.3) is 0 Å². The van der Waals surface area contributed by atoms with Crippen LogP contribution in [0.1, 0.15) is 50.8 Å². The highest BCUT2D eigenvalue weighted by Gasteiger charge is 2.50. The van der Waals surface area contributed by atoms with E-state index in [4.69, 9.17) is 11.6 Å². The zero-order chi connectivity index (χ0) is 13.3. The van der Waals surface area contributed by atoms with Gasteiger partial charge in [-0.15, -0.1) is 0 Å². The number of hydrogen-bond donors (Lipinski definition) is 1. The Labute approximate surface area is 116 Å². The molecule has 1 aromatic rings. The summed E-state index contributed by atoms with van der Waals surface area (Å²) < 4.78 is 0. The van der Waals surface area contributed by atoms with Crippen LogP contribution in [0.3, 0.4) is 0 Å². The summed E-state index contributed by atoms with van der Waals surface area (Å²) in [5, 5.41) is 4.57. The molecule has 2 heteroatoms. The number of aryl methyl sites for hydroxylation is 1. The van der Waals surface area contributed by atoms with E-state index in [1.165, 1.54) is 18.4 Å². The molecule has 1 nitrogen and oxygen atoms in total. The minimum absolute atomic E-state index is 0.457. The fraction of sp³-hybridized carbons (Fsp3) is 0.625. The molecule has 0 aliphatic heterocycles. The van der Waals surface area contributed by atoms with Gasteiger partial charge < -0.3 is 5.32 Å². The Hall–Kier alpha value is -0.530. The molecule has 1 aliphatic carbocycles. The van der Waals surface area contributed by atoms with Crippen molar-refractivity contribution in [1.82, 2.24) is 5.32 Å². The molecule has 1 N–H and O–H groups in total. The van der Waals surface area contributed by atoms with E-state index in [0.29, 0.717) is 11.5 Å². The lowest BCUT2D eigenvalue weighted by atomic mass is 9.96. The molecule has 2 atom stereocenters. The van der Waals surface area contributed by atoms with Gasteiger partial charge in [-0.05, 0) is 54.8 Å². The normalized spacial score (nSPS) is 22.8. The standard InChI is InChI=1S/C16H24ClN/c1-5-8-18-15(13-10-16(13,3)4)12-7-6-11(2)14(17)9-12/h6-7,9,13,15,18H,5,8,10H2,1-4H3. The highest BCUT2D eigenvalue weighted by molar-refractivity contribution is 6.31. The third-order valence-corrected chi connectivity index (χ3v) is 4.57. The monoisotopic (exact) mass is 265 g/mol. The molecule has 0 saturated heterocycles. The van der Waals surface area contributed by atoms with Crippen LogP contribution in [-0.4, -0.2) is 6.54 Å². The number of halogens is 1. The van der Waals surface area contributed by atoms with Crippen molar-refractivity contribution in [2.24, 2.45) is 11.3 Å². The van der Waals surface area contributed by atoms with Gasteiger partial charge in [0.05, 0.1) is 0 Å². The summed E-state index contributed by atoms with van der Waals surface area (Å²) >= 11 is 6.26. The van der Waals surface area contributed by atoms with E-state index in [2.05, 4.69) is 51.2 Å². The Morgan fingerprint density at radius 2 is 2.11 bits per heavy atom. The predicted octanol–water partition coefficient (Wildman–Crippen LogP) is 4.74. The van der Waals surface area contributed by atoms with E-state index >= 15 is 0 Å². The maximum absolute atomic E-state index is 6.26. The molecule has 18 heavy (non-hydrogen) atoms. The molecular formula is C16H24ClN. The Balaban J connectivity index is 2.20. The molecule has 0 aromatic heterocycles. The summed E-state index contributed by atoms with van der Waals surface area (Å²) in [7, 11) is 0. The fourth-order valence-corrected chi connectivity index (χ4v) is 2.86. The Bertz CT molecular complexity index is 425. The van der Waals surface area contributed by atoms with Crippen LogP contribution >= 0.6 is 11.6 Å². The summed E-state index contributed by atoms with van der Waals surface area (Å²) in [5.74, 6) is 0.739. The van der Waals surface area contributed by atoms with Gasteiger partial charge in [-0.3, -0.25) is 0 Å². The van der Waals surface area contributed by atoms with Crippen molar-refractivity contribution in [3.8, 4) is 0 Å². The summed E-state index contributed by atoms with van der Waals surface area (Å²) in [5.41, 5.74) is 2.97. The van der Waals surface area contributed by atoms with E-state index in [1.807, 2.05) is 0 Å². The molecule has 0 radical (unpaired) electrons. The Morgan fingerprint density at radius 1 is 1.44 bits per heavy atom. The predicted molar refractivity (Wildman–Crippen MR) is 79.1 cm³/mol. The van der Waals surface area contributed by atoms with Crippen LogP contribution in [0.25, 0.3) is 0 Å². The molecule has 2 unspecified atom stereocenters. The Morgan fingerprint density at radius 3 is 2.61 bits per heavy atom. The van der Waals surface area contributed by atoms with Crippen LogP contribution < -0.4 is 5.32 Å². The quantitative estimate of drug-likeness (QED) is 0.811. The smallest absolute Gasteiger partial charge is 0.0438 e. The van der Waals surface area contributed by atoms with E-state index in [-0.39, 0.29) is 0 Å². The van der Waals surface area contributed by atoms with Gasteiger partial charge >= 0.3 is 0 Å². The molecule has 100 valence electrons. The van der Waals surface area contributed by atoms with Gasteiger partial charge in [-0.25, -0.2) is 0 Å². The maximum atomic E-state index is 6.26. The third kappa shape index (κ3) is 2.89. The van der Waals surface area contributed by atoms with Gasteiger partial charge in [0, 0.05) is 11.1 Å². The fourth-order valence-electron chi connectivity index (χ4n) is 2.67. The van der Waals surface area contributed by atoms with Crippen molar-refractivity contribution in [1.29, 1.82) is 0 Å². The van der Waals surface area contributed by atoms with E-state index in [0.717, 1.165) is 23.0 Å². The first kappa shape index (κ1) is 13.9. The highest BCUT2D eigenvalue weighted by atomic mass is 35.5. The third-order valence-electron chi connectivity index (χ3n) is 4.16.